The number of rotatable bonds is 6. The molecule has 4 heterocycles. The maximum atomic E-state index is 14.1. The van der Waals surface area contributed by atoms with E-state index in [0.29, 0.717) is 20.6 Å². The average Bonchev–Trinajstić information content (AvgIpc) is 3.68. The van der Waals surface area contributed by atoms with Crippen molar-refractivity contribution < 1.29 is 13.9 Å². The molecule has 6 rings (SSSR count). The average molecular weight is 584 g/mol. The van der Waals surface area contributed by atoms with Gasteiger partial charge < -0.3 is 9.30 Å². The van der Waals surface area contributed by atoms with E-state index in [-0.39, 0.29) is 18.0 Å². The Hall–Kier alpha value is -4.34. The minimum Gasteiger partial charge on any atom is -0.463 e. The highest BCUT2D eigenvalue weighted by atomic mass is 32.1. The van der Waals surface area contributed by atoms with Gasteiger partial charge in [-0.05, 0) is 74.2 Å². The van der Waals surface area contributed by atoms with Gasteiger partial charge in [0.25, 0.3) is 5.56 Å². The van der Waals surface area contributed by atoms with Crippen LogP contribution in [0.1, 0.15) is 40.4 Å². The molecule has 1 aliphatic rings. The number of benzene rings is 2. The molecule has 206 valence electrons. The Kier molecular flexibility index (Phi) is 7.15. The maximum absolute atomic E-state index is 14.1. The summed E-state index contributed by atoms with van der Waals surface area (Å²) in [4.78, 5) is 33.8. The summed E-state index contributed by atoms with van der Waals surface area (Å²) in [6, 6.07) is 21.0. The lowest BCUT2D eigenvalue weighted by Gasteiger charge is -2.24. The summed E-state index contributed by atoms with van der Waals surface area (Å²) < 4.78 is 23.2. The van der Waals surface area contributed by atoms with Gasteiger partial charge >= 0.3 is 5.97 Å². The molecule has 2 aromatic carbocycles. The van der Waals surface area contributed by atoms with Crippen LogP contribution in [0.15, 0.2) is 93.5 Å². The summed E-state index contributed by atoms with van der Waals surface area (Å²) in [5.41, 5.74) is 4.99. The molecular formula is C32H26FN3O3S2. The number of carbonyl (C=O) groups excluding carboxylic acids is 1. The van der Waals surface area contributed by atoms with Crippen molar-refractivity contribution in [3.8, 4) is 5.69 Å². The van der Waals surface area contributed by atoms with Crippen LogP contribution >= 0.6 is 22.7 Å². The lowest BCUT2D eigenvalue weighted by molar-refractivity contribution is -0.138. The Morgan fingerprint density at radius 3 is 2.51 bits per heavy atom. The number of thiazole rings is 1. The van der Waals surface area contributed by atoms with E-state index in [0.717, 1.165) is 33.1 Å². The summed E-state index contributed by atoms with van der Waals surface area (Å²) in [7, 11) is 0. The van der Waals surface area contributed by atoms with Crippen LogP contribution in [0.5, 0.6) is 0 Å². The second-order valence-electron chi connectivity index (χ2n) is 9.59. The van der Waals surface area contributed by atoms with Gasteiger partial charge in [-0.1, -0.05) is 47.7 Å². The second-order valence-corrected chi connectivity index (χ2v) is 11.6. The van der Waals surface area contributed by atoms with Crippen molar-refractivity contribution in [2.75, 3.05) is 6.61 Å². The molecule has 41 heavy (non-hydrogen) atoms. The van der Waals surface area contributed by atoms with E-state index in [4.69, 9.17) is 9.73 Å². The van der Waals surface area contributed by atoms with Gasteiger partial charge in [0.15, 0.2) is 4.80 Å². The number of ether oxygens (including phenoxy) is 1. The van der Waals surface area contributed by atoms with Crippen molar-refractivity contribution in [3.05, 3.63) is 137 Å². The number of aryl methyl sites for hydroxylation is 1. The Morgan fingerprint density at radius 2 is 1.83 bits per heavy atom. The minimum absolute atomic E-state index is 0.204. The van der Waals surface area contributed by atoms with Gasteiger partial charge in [-0.3, -0.25) is 9.36 Å². The molecule has 0 bridgehead atoms. The second kappa shape index (κ2) is 10.9. The molecule has 0 amide bonds. The topological polar surface area (TPSA) is 65.6 Å². The van der Waals surface area contributed by atoms with E-state index in [1.165, 1.54) is 34.8 Å². The summed E-state index contributed by atoms with van der Waals surface area (Å²) >= 11 is 2.77. The first-order valence-electron chi connectivity index (χ1n) is 13.1. The Morgan fingerprint density at radius 1 is 1.07 bits per heavy atom. The number of fused-ring (bicyclic) bond motifs is 1. The zero-order valence-corrected chi connectivity index (χ0v) is 24.3. The highest BCUT2D eigenvalue weighted by Gasteiger charge is 2.35. The van der Waals surface area contributed by atoms with Crippen molar-refractivity contribution in [2.45, 2.75) is 26.8 Å². The summed E-state index contributed by atoms with van der Waals surface area (Å²) in [5.74, 6) is -0.791. The molecule has 1 aliphatic heterocycles. The third-order valence-electron chi connectivity index (χ3n) is 7.03. The van der Waals surface area contributed by atoms with Gasteiger partial charge in [0.1, 0.15) is 11.9 Å². The van der Waals surface area contributed by atoms with Gasteiger partial charge in [-0.25, -0.2) is 14.2 Å². The van der Waals surface area contributed by atoms with E-state index in [1.54, 1.807) is 23.6 Å². The molecule has 9 heteroatoms. The molecule has 5 aromatic rings. The monoisotopic (exact) mass is 583 g/mol. The first kappa shape index (κ1) is 26.9. The van der Waals surface area contributed by atoms with E-state index in [1.807, 2.05) is 78.4 Å². The molecule has 0 unspecified atom stereocenters. The highest BCUT2D eigenvalue weighted by molar-refractivity contribution is 7.10. The molecule has 0 saturated heterocycles. The molecule has 0 aliphatic carbocycles. The standard InChI is InChI=1S/C32H26FN3O3S2/c1-4-39-31(38)27-28(21-9-6-5-7-10-21)34-32-36(29(27)25-11-8-16-40-25)30(37)26(41-32)18-22-17-19(2)35(20(22)3)24-14-12-23(33)13-15-24/h5-18,29H,4H2,1-3H3/b26-18-/t29-/m1/s1. The van der Waals surface area contributed by atoms with Crippen molar-refractivity contribution in [3.63, 3.8) is 0 Å². The summed E-state index contributed by atoms with van der Waals surface area (Å²) in [6.07, 6.45) is 1.87. The van der Waals surface area contributed by atoms with Crippen molar-refractivity contribution >= 4 is 40.4 Å². The quantitative estimate of drug-likeness (QED) is 0.247. The normalized spacial score (nSPS) is 15.1. The van der Waals surface area contributed by atoms with Crippen LogP contribution < -0.4 is 14.9 Å². The fourth-order valence-electron chi connectivity index (χ4n) is 5.22. The molecule has 3 aromatic heterocycles. The predicted molar refractivity (Wildman–Crippen MR) is 161 cm³/mol. The van der Waals surface area contributed by atoms with E-state index >= 15 is 0 Å². The summed E-state index contributed by atoms with van der Waals surface area (Å²) in [6.45, 7) is 5.91. The number of hydrogen-bond acceptors (Lipinski definition) is 6. The smallest absolute Gasteiger partial charge is 0.338 e. The van der Waals surface area contributed by atoms with Crippen LogP contribution in [0.2, 0.25) is 0 Å². The fraction of sp³-hybridized carbons (Fsp3) is 0.156. The molecule has 0 fully saturated rings. The number of hydrogen-bond donors (Lipinski definition) is 0. The van der Waals surface area contributed by atoms with Gasteiger partial charge in [0.2, 0.25) is 0 Å². The van der Waals surface area contributed by atoms with Crippen LogP contribution in [0.3, 0.4) is 0 Å². The Bertz CT molecular complexity index is 1970. The third-order valence-corrected chi connectivity index (χ3v) is 8.94. The number of thiophene rings is 1. The number of nitrogens with zero attached hydrogens (tertiary/aromatic N) is 3. The maximum Gasteiger partial charge on any atom is 0.338 e. The van der Waals surface area contributed by atoms with Crippen LogP contribution in [0.25, 0.3) is 17.5 Å². The molecule has 0 N–H and O–H groups in total. The first-order chi connectivity index (χ1) is 19.9. The highest BCUT2D eigenvalue weighted by Crippen LogP contribution is 2.36. The van der Waals surface area contributed by atoms with E-state index in [9.17, 15) is 14.0 Å². The number of esters is 1. The zero-order valence-electron chi connectivity index (χ0n) is 22.6. The molecule has 1 atom stereocenters. The first-order valence-corrected chi connectivity index (χ1v) is 14.8. The van der Waals surface area contributed by atoms with Gasteiger partial charge in [-0.15, -0.1) is 11.3 Å². The molecular weight excluding hydrogens is 558 g/mol. The van der Waals surface area contributed by atoms with Crippen LogP contribution in [0, 0.1) is 19.7 Å². The summed E-state index contributed by atoms with van der Waals surface area (Å²) in [5, 5.41) is 1.93. The zero-order chi connectivity index (χ0) is 28.7. The van der Waals surface area contributed by atoms with Crippen LogP contribution in [-0.4, -0.2) is 21.7 Å². The lowest BCUT2D eigenvalue weighted by Crippen LogP contribution is -2.39. The minimum atomic E-state index is -0.672. The Labute approximate surface area is 243 Å². The number of aromatic nitrogens is 2. The molecule has 0 saturated carbocycles. The van der Waals surface area contributed by atoms with E-state index < -0.39 is 12.0 Å². The lowest BCUT2D eigenvalue weighted by atomic mass is 9.97. The fourth-order valence-corrected chi connectivity index (χ4v) is 7.03. The van der Waals surface area contributed by atoms with Gasteiger partial charge in [0, 0.05) is 27.5 Å². The van der Waals surface area contributed by atoms with Crippen molar-refractivity contribution in [1.82, 2.24) is 9.13 Å². The van der Waals surface area contributed by atoms with Gasteiger partial charge in [0.05, 0.1) is 22.4 Å². The number of carbonyl (C=O) groups is 1. The third kappa shape index (κ3) is 4.81. The van der Waals surface area contributed by atoms with E-state index in [2.05, 4.69) is 0 Å². The Balaban J connectivity index is 1.58. The van der Waals surface area contributed by atoms with Crippen LogP contribution in [0.4, 0.5) is 4.39 Å². The SMILES string of the molecule is CCOC(=O)C1=C(c2ccccc2)N=c2s/c(=C\c3cc(C)n(-c4ccc(F)cc4)c3C)c(=O)n2[C@@H]1c1cccs1. The molecule has 0 spiro atoms. The number of halogens is 1. The molecule has 6 nitrogen and oxygen atoms in total. The van der Waals surface area contributed by atoms with Crippen LogP contribution in [-0.2, 0) is 9.53 Å². The predicted octanol–water partition coefficient (Wildman–Crippen LogP) is 5.54. The van der Waals surface area contributed by atoms with Crippen molar-refractivity contribution in [2.24, 2.45) is 4.99 Å². The molecule has 0 radical (unpaired) electrons. The van der Waals surface area contributed by atoms with Gasteiger partial charge in [-0.2, -0.15) is 0 Å². The van der Waals surface area contributed by atoms with Crippen molar-refractivity contribution in [1.29, 1.82) is 0 Å². The largest absolute Gasteiger partial charge is 0.463 e.